The molecule has 0 spiro atoms. The van der Waals surface area contributed by atoms with E-state index in [0.717, 1.165) is 0 Å². The number of ketones is 2. The highest BCUT2D eigenvalue weighted by Crippen LogP contribution is 2.53. The van der Waals surface area contributed by atoms with Crippen LogP contribution in [0.4, 0.5) is 5.69 Å². The van der Waals surface area contributed by atoms with Gasteiger partial charge in [0.15, 0.2) is 17.2 Å². The van der Waals surface area contributed by atoms with Crippen molar-refractivity contribution in [2.45, 2.75) is 37.1 Å². The van der Waals surface area contributed by atoms with E-state index < -0.39 is 58.7 Å². The number of phenolic OH excluding ortho intramolecular Hbond substituents is 1. The van der Waals surface area contributed by atoms with Gasteiger partial charge in [-0.3, -0.25) is 14.4 Å². The van der Waals surface area contributed by atoms with Gasteiger partial charge in [-0.05, 0) is 44.5 Å². The van der Waals surface area contributed by atoms with E-state index in [9.17, 15) is 34.8 Å². The number of nitrogens with one attached hydrogen (secondary N) is 1. The molecule has 0 aliphatic heterocycles. The van der Waals surface area contributed by atoms with Gasteiger partial charge in [0.1, 0.15) is 17.4 Å². The van der Waals surface area contributed by atoms with Crippen LogP contribution in [0.3, 0.4) is 0 Å². The lowest BCUT2D eigenvalue weighted by Gasteiger charge is -2.54. The standard InChI is InChI=1S/C25H35N5O7/c1-29(2)14-7-11(8-26)19(31)16-12(14)5-10-6-13-18(30(3)4)21(33)17(24(36)28-9-27)23(35)25(13,37)22(34)15(10)20(16)32/h7,10,13,17-18,21,31,33-34,37H,5-6,8-9,26-27H2,1-4H3,(H,28,36)/t10?,13?,17?,18-,21?,25-/m0/s1. The zero-order valence-corrected chi connectivity index (χ0v) is 21.4. The molecule has 1 aromatic carbocycles. The molecule has 4 rings (SSSR count). The van der Waals surface area contributed by atoms with Gasteiger partial charge < -0.3 is 47.0 Å². The molecule has 3 aliphatic carbocycles. The Bertz CT molecular complexity index is 1200. The number of carbonyl (C=O) groups is 3. The number of hydrogen-bond donors (Lipinski definition) is 7. The molecule has 12 nitrogen and oxygen atoms in total. The van der Waals surface area contributed by atoms with Gasteiger partial charge in [0, 0.05) is 49.4 Å². The van der Waals surface area contributed by atoms with Crippen LogP contribution in [0.5, 0.6) is 5.75 Å². The maximum atomic E-state index is 13.8. The number of nitrogens with zero attached hydrogens (tertiary/aromatic N) is 2. The quantitative estimate of drug-likeness (QED) is 0.174. The van der Waals surface area contributed by atoms with E-state index in [2.05, 4.69) is 5.32 Å². The van der Waals surface area contributed by atoms with Crippen LogP contribution in [0.2, 0.25) is 0 Å². The minimum atomic E-state index is -2.60. The first-order chi connectivity index (χ1) is 17.3. The summed E-state index contributed by atoms with van der Waals surface area (Å²) in [6.45, 7) is -0.336. The molecule has 0 saturated heterocycles. The van der Waals surface area contributed by atoms with Gasteiger partial charge in [-0.2, -0.15) is 0 Å². The van der Waals surface area contributed by atoms with Gasteiger partial charge in [-0.25, -0.2) is 0 Å². The number of fused-ring (bicyclic) bond motifs is 3. The lowest BCUT2D eigenvalue weighted by Crippen LogP contribution is -2.71. The number of phenols is 1. The largest absolute Gasteiger partial charge is 0.508 e. The Hall–Kier alpha value is -3.03. The monoisotopic (exact) mass is 517 g/mol. The molecule has 4 unspecified atom stereocenters. The van der Waals surface area contributed by atoms with Crippen molar-refractivity contribution in [1.82, 2.24) is 10.2 Å². The van der Waals surface area contributed by atoms with Crippen LogP contribution in [0.25, 0.3) is 0 Å². The van der Waals surface area contributed by atoms with Crippen LogP contribution < -0.4 is 21.7 Å². The zero-order valence-electron chi connectivity index (χ0n) is 21.4. The number of anilines is 1. The average molecular weight is 518 g/mol. The van der Waals surface area contributed by atoms with Gasteiger partial charge in [-0.1, -0.05) is 0 Å². The van der Waals surface area contributed by atoms with Crippen LogP contribution in [0, 0.1) is 17.8 Å². The van der Waals surface area contributed by atoms with Crippen molar-refractivity contribution >= 4 is 23.2 Å². The number of rotatable bonds is 5. The molecule has 9 N–H and O–H groups in total. The summed E-state index contributed by atoms with van der Waals surface area (Å²) in [7, 11) is 6.86. The van der Waals surface area contributed by atoms with Crippen molar-refractivity contribution in [2.24, 2.45) is 29.2 Å². The number of benzene rings is 1. The number of nitrogens with two attached hydrogens (primary N) is 2. The third-order valence-corrected chi connectivity index (χ3v) is 8.10. The first kappa shape index (κ1) is 27.0. The molecule has 1 aromatic rings. The first-order valence-electron chi connectivity index (χ1n) is 12.1. The summed E-state index contributed by atoms with van der Waals surface area (Å²) in [4.78, 5) is 43.6. The number of allylic oxidation sites excluding steroid dienone is 1. The van der Waals surface area contributed by atoms with Crippen molar-refractivity contribution in [3.8, 4) is 5.75 Å². The topological polar surface area (TPSA) is 203 Å². The number of carbonyl (C=O) groups excluding carboxylic acids is 3. The van der Waals surface area contributed by atoms with Crippen molar-refractivity contribution in [2.75, 3.05) is 39.8 Å². The van der Waals surface area contributed by atoms with Crippen LogP contribution >= 0.6 is 0 Å². The molecule has 1 amide bonds. The Labute approximate surface area is 214 Å². The third-order valence-electron chi connectivity index (χ3n) is 8.10. The van der Waals surface area contributed by atoms with E-state index >= 15 is 0 Å². The van der Waals surface area contributed by atoms with Gasteiger partial charge in [-0.15, -0.1) is 0 Å². The molecule has 0 bridgehead atoms. The van der Waals surface area contributed by atoms with E-state index in [1.807, 2.05) is 0 Å². The minimum Gasteiger partial charge on any atom is -0.508 e. The fourth-order valence-corrected chi connectivity index (χ4v) is 6.45. The molecular formula is C25H35N5O7. The molecule has 6 atom stereocenters. The van der Waals surface area contributed by atoms with Gasteiger partial charge in [0.05, 0.1) is 18.3 Å². The van der Waals surface area contributed by atoms with Crippen molar-refractivity contribution in [3.63, 3.8) is 0 Å². The molecular weight excluding hydrogens is 482 g/mol. The molecule has 0 radical (unpaired) electrons. The maximum Gasteiger partial charge on any atom is 0.234 e. The SMILES string of the molecule is CN(C)c1cc(CN)c(O)c2c1CC1CC3[C@H](N(C)C)C(O)C(C(=O)NCN)C(=O)[C@@]3(O)C(O)=C1C2=O. The third kappa shape index (κ3) is 3.74. The van der Waals surface area contributed by atoms with Crippen LogP contribution in [0.15, 0.2) is 17.4 Å². The number of hydrogen-bond acceptors (Lipinski definition) is 11. The normalized spacial score (nSPS) is 31.1. The predicted octanol–water partition coefficient (Wildman–Crippen LogP) is -1.64. The average Bonchev–Trinajstić information content (AvgIpc) is 2.81. The summed E-state index contributed by atoms with van der Waals surface area (Å²) < 4.78 is 0. The lowest BCUT2D eigenvalue weighted by molar-refractivity contribution is -0.179. The van der Waals surface area contributed by atoms with Crippen molar-refractivity contribution < 1.29 is 34.8 Å². The number of aliphatic hydroxyl groups excluding tert-OH is 2. The number of Topliss-reactive ketones (excluding diaryl/α,β-unsaturated/α-hetero) is 2. The van der Waals surface area contributed by atoms with Crippen LogP contribution in [0.1, 0.15) is 27.9 Å². The van der Waals surface area contributed by atoms with Gasteiger partial charge in [0.25, 0.3) is 0 Å². The number of aromatic hydroxyl groups is 1. The Morgan fingerprint density at radius 2 is 1.84 bits per heavy atom. The highest BCUT2D eigenvalue weighted by molar-refractivity contribution is 6.16. The van der Waals surface area contributed by atoms with Crippen molar-refractivity contribution in [1.29, 1.82) is 0 Å². The van der Waals surface area contributed by atoms with Gasteiger partial charge in [0.2, 0.25) is 5.91 Å². The summed E-state index contributed by atoms with van der Waals surface area (Å²) in [5.41, 5.74) is 9.97. The van der Waals surface area contributed by atoms with E-state index in [4.69, 9.17) is 11.5 Å². The molecule has 0 aromatic heterocycles. The molecule has 1 saturated carbocycles. The summed E-state index contributed by atoms with van der Waals surface area (Å²) in [5, 5.41) is 47.6. The molecule has 12 heteroatoms. The smallest absolute Gasteiger partial charge is 0.234 e. The highest BCUT2D eigenvalue weighted by atomic mass is 16.3. The van der Waals surface area contributed by atoms with E-state index in [1.54, 1.807) is 44.1 Å². The lowest BCUT2D eigenvalue weighted by atomic mass is 9.56. The second-order valence-corrected chi connectivity index (χ2v) is 10.5. The number of aliphatic hydroxyl groups is 3. The molecule has 37 heavy (non-hydrogen) atoms. The fourth-order valence-electron chi connectivity index (χ4n) is 6.45. The molecule has 202 valence electrons. The van der Waals surface area contributed by atoms with E-state index in [1.165, 1.54) is 0 Å². The Morgan fingerprint density at radius 1 is 1.19 bits per heavy atom. The molecule has 3 aliphatic rings. The summed E-state index contributed by atoms with van der Waals surface area (Å²) >= 11 is 0. The van der Waals surface area contributed by atoms with Gasteiger partial charge >= 0.3 is 0 Å². The van der Waals surface area contributed by atoms with Crippen LogP contribution in [-0.4, -0.2) is 95.4 Å². The Kier molecular flexibility index (Phi) is 6.84. The number of amides is 1. The predicted molar refractivity (Wildman–Crippen MR) is 134 cm³/mol. The summed E-state index contributed by atoms with van der Waals surface area (Å²) in [6, 6.07) is 0.810. The zero-order chi connectivity index (χ0) is 27.6. The summed E-state index contributed by atoms with van der Waals surface area (Å²) in [6.07, 6.45) is -1.18. The molecule has 0 heterocycles. The molecule has 1 fully saturated rings. The minimum absolute atomic E-state index is 0.0311. The van der Waals surface area contributed by atoms with E-state index in [-0.39, 0.29) is 42.9 Å². The summed E-state index contributed by atoms with van der Waals surface area (Å²) in [5.74, 6) is -7.21. The number of likely N-dealkylation sites (N-methyl/N-ethyl adjacent to an activating group) is 1. The maximum absolute atomic E-state index is 13.8. The van der Waals surface area contributed by atoms with E-state index in [0.29, 0.717) is 16.8 Å². The van der Waals surface area contributed by atoms with Crippen LogP contribution in [-0.2, 0) is 22.6 Å². The second-order valence-electron chi connectivity index (χ2n) is 10.5. The van der Waals surface area contributed by atoms with Crippen molar-refractivity contribution in [3.05, 3.63) is 34.1 Å². The Morgan fingerprint density at radius 3 is 2.38 bits per heavy atom. The second kappa shape index (κ2) is 9.37. The Balaban J connectivity index is 1.95. The fraction of sp³-hybridized carbons (Fsp3) is 0.560. The first-order valence-corrected chi connectivity index (χ1v) is 12.1. The highest BCUT2D eigenvalue weighted by Gasteiger charge is 2.66.